The molecule has 3 rings (SSSR count). The van der Waals surface area contributed by atoms with E-state index in [1.807, 2.05) is 0 Å². The standard InChI is InChI=1S/C15H24N4O3S/c1-14(2)12(7-20)19(4-5-23-14)13(21)11-6-18(17-16-11)8-15(3)9-22-10-15/h6,12,20H,4-5,7-10H2,1-3H3/t12-/m0/s1. The van der Waals surface area contributed by atoms with Crippen LogP contribution in [0, 0.1) is 5.41 Å². The molecule has 2 aliphatic rings. The molecular formula is C15H24N4O3S. The SMILES string of the molecule is CC1(Cn2cc(C(=O)N3CCSC(C)(C)[C@@H]3CO)nn2)COC1. The molecule has 1 aromatic rings. The number of aliphatic hydroxyl groups is 1. The van der Waals surface area contributed by atoms with Crippen LogP contribution in [-0.2, 0) is 11.3 Å². The van der Waals surface area contributed by atoms with Crippen molar-refractivity contribution in [2.45, 2.75) is 38.1 Å². The summed E-state index contributed by atoms with van der Waals surface area (Å²) in [6.07, 6.45) is 1.70. The lowest BCUT2D eigenvalue weighted by molar-refractivity contribution is -0.111. The number of aromatic nitrogens is 3. The number of amides is 1. The molecule has 1 amide bonds. The molecule has 0 saturated carbocycles. The lowest BCUT2D eigenvalue weighted by Gasteiger charge is -2.44. The predicted molar refractivity (Wildman–Crippen MR) is 87.4 cm³/mol. The van der Waals surface area contributed by atoms with Crippen molar-refractivity contribution in [2.24, 2.45) is 5.41 Å². The van der Waals surface area contributed by atoms with Crippen molar-refractivity contribution in [1.29, 1.82) is 0 Å². The smallest absolute Gasteiger partial charge is 0.276 e. The number of carbonyl (C=O) groups is 1. The fourth-order valence-corrected chi connectivity index (χ4v) is 4.36. The minimum atomic E-state index is -0.212. The summed E-state index contributed by atoms with van der Waals surface area (Å²) in [4.78, 5) is 14.5. The van der Waals surface area contributed by atoms with Crippen LogP contribution in [0.2, 0.25) is 0 Å². The number of ether oxygens (including phenoxy) is 1. The highest BCUT2D eigenvalue weighted by molar-refractivity contribution is 8.00. The summed E-state index contributed by atoms with van der Waals surface area (Å²) in [7, 11) is 0. The van der Waals surface area contributed by atoms with Crippen molar-refractivity contribution in [3.8, 4) is 0 Å². The van der Waals surface area contributed by atoms with Crippen LogP contribution < -0.4 is 0 Å². The van der Waals surface area contributed by atoms with Gasteiger partial charge >= 0.3 is 0 Å². The van der Waals surface area contributed by atoms with E-state index in [4.69, 9.17) is 4.74 Å². The van der Waals surface area contributed by atoms with Crippen molar-refractivity contribution >= 4 is 17.7 Å². The third kappa shape index (κ3) is 3.25. The van der Waals surface area contributed by atoms with Crippen LogP contribution >= 0.6 is 11.8 Å². The number of hydrogen-bond donors (Lipinski definition) is 1. The predicted octanol–water partition coefficient (Wildman–Crippen LogP) is 0.643. The second-order valence-electron chi connectivity index (χ2n) is 7.25. The molecule has 2 saturated heterocycles. The van der Waals surface area contributed by atoms with Crippen molar-refractivity contribution in [3.63, 3.8) is 0 Å². The summed E-state index contributed by atoms with van der Waals surface area (Å²) in [6.45, 7) is 8.94. The van der Waals surface area contributed by atoms with Gasteiger partial charge in [0.25, 0.3) is 5.91 Å². The Hall–Kier alpha value is -1.12. The maximum atomic E-state index is 12.8. The Morgan fingerprint density at radius 1 is 1.48 bits per heavy atom. The van der Waals surface area contributed by atoms with Crippen LogP contribution in [0.15, 0.2) is 6.20 Å². The monoisotopic (exact) mass is 340 g/mol. The van der Waals surface area contributed by atoms with E-state index in [2.05, 4.69) is 31.1 Å². The van der Waals surface area contributed by atoms with E-state index in [-0.39, 0.29) is 28.7 Å². The number of thioether (sulfide) groups is 1. The van der Waals surface area contributed by atoms with E-state index in [0.717, 1.165) is 5.75 Å². The summed E-state index contributed by atoms with van der Waals surface area (Å²) >= 11 is 1.78. The summed E-state index contributed by atoms with van der Waals surface area (Å²) in [5.74, 6) is 0.706. The summed E-state index contributed by atoms with van der Waals surface area (Å²) < 4.78 is 6.79. The van der Waals surface area contributed by atoms with Crippen molar-refractivity contribution < 1.29 is 14.6 Å². The zero-order valence-electron chi connectivity index (χ0n) is 13.9. The van der Waals surface area contributed by atoms with Crippen LogP contribution in [-0.4, -0.2) is 73.8 Å². The van der Waals surface area contributed by atoms with Crippen LogP contribution in [0.25, 0.3) is 0 Å². The third-order valence-electron chi connectivity index (χ3n) is 4.62. The molecule has 0 unspecified atom stereocenters. The molecule has 0 radical (unpaired) electrons. The molecular weight excluding hydrogens is 316 g/mol. The summed E-state index contributed by atoms with van der Waals surface area (Å²) in [6, 6.07) is -0.212. The average molecular weight is 340 g/mol. The Morgan fingerprint density at radius 3 is 2.83 bits per heavy atom. The fraction of sp³-hybridized carbons (Fsp3) is 0.800. The first kappa shape index (κ1) is 16.7. The van der Waals surface area contributed by atoms with Crippen molar-refractivity contribution in [2.75, 3.05) is 32.1 Å². The average Bonchev–Trinajstić information content (AvgIpc) is 2.92. The molecule has 0 bridgehead atoms. The molecule has 1 N–H and O–H groups in total. The number of nitrogens with zero attached hydrogens (tertiary/aromatic N) is 4. The zero-order chi connectivity index (χ0) is 16.7. The van der Waals surface area contributed by atoms with Crippen LogP contribution in [0.3, 0.4) is 0 Å². The molecule has 2 fully saturated rings. The van der Waals surface area contributed by atoms with Crippen molar-refractivity contribution in [3.05, 3.63) is 11.9 Å². The molecule has 0 aliphatic carbocycles. The van der Waals surface area contributed by atoms with Gasteiger partial charge in [0.15, 0.2) is 5.69 Å². The summed E-state index contributed by atoms with van der Waals surface area (Å²) in [5.41, 5.74) is 0.417. The topological polar surface area (TPSA) is 80.5 Å². The van der Waals surface area contributed by atoms with E-state index in [1.54, 1.807) is 27.5 Å². The molecule has 0 aromatic carbocycles. The van der Waals surface area contributed by atoms with Gasteiger partial charge in [-0.2, -0.15) is 11.8 Å². The van der Waals surface area contributed by atoms with E-state index >= 15 is 0 Å². The Bertz CT molecular complexity index is 585. The Morgan fingerprint density at radius 2 is 2.22 bits per heavy atom. The number of carbonyl (C=O) groups excluding carboxylic acids is 1. The molecule has 2 aliphatic heterocycles. The van der Waals surface area contributed by atoms with Crippen LogP contribution in [0.1, 0.15) is 31.3 Å². The van der Waals surface area contributed by atoms with Gasteiger partial charge in [-0.3, -0.25) is 9.48 Å². The van der Waals surface area contributed by atoms with E-state index < -0.39 is 0 Å². The molecule has 1 atom stereocenters. The molecule has 0 spiro atoms. The highest BCUT2D eigenvalue weighted by atomic mass is 32.2. The first-order chi connectivity index (χ1) is 10.8. The number of hydrogen-bond acceptors (Lipinski definition) is 6. The maximum absolute atomic E-state index is 12.8. The third-order valence-corrected chi connectivity index (χ3v) is 6.02. The molecule has 3 heterocycles. The van der Waals surface area contributed by atoms with Gasteiger partial charge in [-0.05, 0) is 13.8 Å². The Balaban J connectivity index is 1.73. The van der Waals surface area contributed by atoms with E-state index in [9.17, 15) is 9.90 Å². The first-order valence-electron chi connectivity index (χ1n) is 7.88. The molecule has 23 heavy (non-hydrogen) atoms. The van der Waals surface area contributed by atoms with Crippen LogP contribution in [0.4, 0.5) is 0 Å². The highest BCUT2D eigenvalue weighted by Gasteiger charge is 2.41. The van der Waals surface area contributed by atoms with Crippen LogP contribution in [0.5, 0.6) is 0 Å². The van der Waals surface area contributed by atoms with Gasteiger partial charge in [0.1, 0.15) is 0 Å². The first-order valence-corrected chi connectivity index (χ1v) is 8.87. The second-order valence-corrected chi connectivity index (χ2v) is 9.00. The normalized spacial score (nSPS) is 25.9. The minimum Gasteiger partial charge on any atom is -0.394 e. The number of aliphatic hydroxyl groups excluding tert-OH is 1. The Kier molecular flexibility index (Phi) is 4.41. The quantitative estimate of drug-likeness (QED) is 0.866. The Labute approximate surface area is 140 Å². The summed E-state index contributed by atoms with van der Waals surface area (Å²) in [5, 5.41) is 17.9. The minimum absolute atomic E-state index is 0.0463. The van der Waals surface area contributed by atoms with Gasteiger partial charge in [0, 0.05) is 22.5 Å². The fourth-order valence-electron chi connectivity index (χ4n) is 3.15. The van der Waals surface area contributed by atoms with Gasteiger partial charge in [0.2, 0.25) is 0 Å². The molecule has 7 nitrogen and oxygen atoms in total. The highest BCUT2D eigenvalue weighted by Crippen LogP contribution is 2.35. The van der Waals surface area contributed by atoms with E-state index in [0.29, 0.717) is 32.0 Å². The molecule has 1 aromatic heterocycles. The van der Waals surface area contributed by atoms with Gasteiger partial charge < -0.3 is 14.7 Å². The largest absolute Gasteiger partial charge is 0.394 e. The second kappa shape index (κ2) is 6.07. The van der Waals surface area contributed by atoms with Gasteiger partial charge in [-0.25, -0.2) is 0 Å². The number of rotatable bonds is 4. The maximum Gasteiger partial charge on any atom is 0.276 e. The lowest BCUT2D eigenvalue weighted by atomic mass is 9.89. The van der Waals surface area contributed by atoms with Gasteiger partial charge in [-0.15, -0.1) is 5.10 Å². The van der Waals surface area contributed by atoms with Gasteiger partial charge in [0.05, 0.1) is 38.6 Å². The zero-order valence-corrected chi connectivity index (χ0v) is 14.7. The van der Waals surface area contributed by atoms with Gasteiger partial charge in [-0.1, -0.05) is 12.1 Å². The van der Waals surface area contributed by atoms with E-state index in [1.165, 1.54) is 0 Å². The molecule has 128 valence electrons. The van der Waals surface area contributed by atoms with Crippen molar-refractivity contribution in [1.82, 2.24) is 19.9 Å². The molecule has 8 heteroatoms. The lowest BCUT2D eigenvalue weighted by Crippen LogP contribution is -2.56.